The maximum atomic E-state index is 13.4. The number of carbonyl (C=O) groups is 2. The molecule has 1 aromatic rings. The molecule has 1 saturated heterocycles. The molecule has 0 unspecified atom stereocenters. The van der Waals surface area contributed by atoms with E-state index in [1.54, 1.807) is 17.0 Å². The number of nitrogens with zero attached hydrogens (tertiary/aromatic N) is 1. The lowest BCUT2D eigenvalue weighted by atomic mass is 10.1. The molecule has 1 amide bonds. The van der Waals surface area contributed by atoms with Gasteiger partial charge in [0, 0.05) is 25.9 Å². The van der Waals surface area contributed by atoms with Gasteiger partial charge in [-0.1, -0.05) is 6.07 Å². The summed E-state index contributed by atoms with van der Waals surface area (Å²) in [6, 6.07) is 4.51. The second kappa shape index (κ2) is 5.82. The van der Waals surface area contributed by atoms with E-state index in [9.17, 15) is 14.0 Å². The number of amides is 1. The molecular formula is C14H16FNO3. The van der Waals surface area contributed by atoms with Gasteiger partial charge in [0.1, 0.15) is 5.78 Å². The molecule has 1 aliphatic rings. The van der Waals surface area contributed by atoms with Gasteiger partial charge in [0.15, 0.2) is 18.2 Å². The third-order valence-electron chi connectivity index (χ3n) is 3.11. The molecular weight excluding hydrogens is 249 g/mol. The molecule has 0 aliphatic carbocycles. The van der Waals surface area contributed by atoms with Gasteiger partial charge in [-0.3, -0.25) is 9.59 Å². The van der Waals surface area contributed by atoms with Crippen LogP contribution < -0.4 is 4.74 Å². The largest absolute Gasteiger partial charge is 0.481 e. The fraction of sp³-hybridized carbons (Fsp3) is 0.429. The van der Waals surface area contributed by atoms with Crippen molar-refractivity contribution >= 4 is 11.7 Å². The molecule has 1 aliphatic heterocycles. The van der Waals surface area contributed by atoms with Crippen molar-refractivity contribution < 1.29 is 18.7 Å². The van der Waals surface area contributed by atoms with E-state index >= 15 is 0 Å². The Kier molecular flexibility index (Phi) is 4.14. The highest BCUT2D eigenvalue weighted by Crippen LogP contribution is 2.18. The van der Waals surface area contributed by atoms with Crippen LogP contribution in [0.5, 0.6) is 5.75 Å². The van der Waals surface area contributed by atoms with Gasteiger partial charge >= 0.3 is 0 Å². The summed E-state index contributed by atoms with van der Waals surface area (Å²) in [5, 5.41) is 0. The molecule has 4 nitrogen and oxygen atoms in total. The predicted octanol–water partition coefficient (Wildman–Crippen LogP) is 1.70. The summed E-state index contributed by atoms with van der Waals surface area (Å²) in [4.78, 5) is 24.5. The summed E-state index contributed by atoms with van der Waals surface area (Å²) in [6.07, 6.45) is 0.787. The molecule has 102 valence electrons. The van der Waals surface area contributed by atoms with E-state index in [2.05, 4.69) is 0 Å². The third-order valence-corrected chi connectivity index (χ3v) is 3.11. The van der Waals surface area contributed by atoms with Gasteiger partial charge in [-0.25, -0.2) is 4.39 Å². The Morgan fingerprint density at radius 1 is 1.37 bits per heavy atom. The molecule has 0 spiro atoms. The van der Waals surface area contributed by atoms with E-state index in [4.69, 9.17) is 4.74 Å². The molecule has 1 aromatic carbocycles. The van der Waals surface area contributed by atoms with Crippen LogP contribution in [0.4, 0.5) is 4.39 Å². The molecule has 5 heteroatoms. The van der Waals surface area contributed by atoms with Gasteiger partial charge in [-0.05, 0) is 24.6 Å². The maximum absolute atomic E-state index is 13.4. The van der Waals surface area contributed by atoms with Crippen molar-refractivity contribution in [3.63, 3.8) is 0 Å². The highest BCUT2D eigenvalue weighted by molar-refractivity contribution is 5.83. The SMILES string of the molecule is Cc1ccc(F)c(OCC(=O)N2CCC(=O)CC2)c1. The summed E-state index contributed by atoms with van der Waals surface area (Å²) >= 11 is 0. The number of benzene rings is 1. The zero-order chi connectivity index (χ0) is 13.8. The lowest BCUT2D eigenvalue weighted by Crippen LogP contribution is -2.41. The van der Waals surface area contributed by atoms with Crippen LogP contribution in [0.2, 0.25) is 0 Å². The molecule has 0 radical (unpaired) electrons. The lowest BCUT2D eigenvalue weighted by Gasteiger charge is -2.25. The van der Waals surface area contributed by atoms with E-state index < -0.39 is 5.82 Å². The highest BCUT2D eigenvalue weighted by Gasteiger charge is 2.21. The second-order valence-electron chi connectivity index (χ2n) is 4.64. The van der Waals surface area contributed by atoms with Gasteiger partial charge < -0.3 is 9.64 Å². The molecule has 19 heavy (non-hydrogen) atoms. The van der Waals surface area contributed by atoms with Gasteiger partial charge in [-0.15, -0.1) is 0 Å². The lowest BCUT2D eigenvalue weighted by molar-refractivity contribution is -0.136. The molecule has 2 rings (SSSR count). The number of carbonyl (C=O) groups excluding carboxylic acids is 2. The molecule has 0 atom stereocenters. The first-order chi connectivity index (χ1) is 9.06. The van der Waals surface area contributed by atoms with Gasteiger partial charge in [0.25, 0.3) is 5.91 Å². The molecule has 0 bridgehead atoms. The van der Waals surface area contributed by atoms with Crippen LogP contribution >= 0.6 is 0 Å². The minimum absolute atomic E-state index is 0.0847. The van der Waals surface area contributed by atoms with Crippen LogP contribution in [0.3, 0.4) is 0 Å². The van der Waals surface area contributed by atoms with E-state index in [0.29, 0.717) is 25.9 Å². The van der Waals surface area contributed by atoms with Crippen molar-refractivity contribution in [3.05, 3.63) is 29.6 Å². The standard InChI is InChI=1S/C14H16FNO3/c1-10-2-3-12(15)13(8-10)19-9-14(18)16-6-4-11(17)5-7-16/h2-3,8H,4-7,9H2,1H3. The van der Waals surface area contributed by atoms with Crippen LogP contribution in [-0.2, 0) is 9.59 Å². The van der Waals surface area contributed by atoms with E-state index in [0.717, 1.165) is 5.56 Å². The van der Waals surface area contributed by atoms with Crippen LogP contribution in [0.15, 0.2) is 18.2 Å². The first kappa shape index (κ1) is 13.5. The van der Waals surface area contributed by atoms with Gasteiger partial charge in [0.2, 0.25) is 0 Å². The van der Waals surface area contributed by atoms with E-state index in [1.165, 1.54) is 6.07 Å². The normalized spacial score (nSPS) is 15.5. The third kappa shape index (κ3) is 3.53. The monoisotopic (exact) mass is 265 g/mol. The smallest absolute Gasteiger partial charge is 0.260 e. The number of ketones is 1. The summed E-state index contributed by atoms with van der Waals surface area (Å²) in [5.74, 6) is -0.434. The van der Waals surface area contributed by atoms with Gasteiger partial charge in [-0.2, -0.15) is 0 Å². The van der Waals surface area contributed by atoms with Crippen molar-refractivity contribution in [2.45, 2.75) is 19.8 Å². The number of rotatable bonds is 3. The Morgan fingerprint density at radius 2 is 2.05 bits per heavy atom. The Bertz CT molecular complexity index is 491. The Morgan fingerprint density at radius 3 is 2.74 bits per heavy atom. The van der Waals surface area contributed by atoms with Crippen LogP contribution in [0.25, 0.3) is 0 Å². The quantitative estimate of drug-likeness (QED) is 0.835. The Hall–Kier alpha value is -1.91. The van der Waals surface area contributed by atoms with E-state index in [1.807, 2.05) is 6.92 Å². The number of ether oxygens (including phenoxy) is 1. The van der Waals surface area contributed by atoms with Crippen LogP contribution in [0.1, 0.15) is 18.4 Å². The summed E-state index contributed by atoms with van der Waals surface area (Å²) in [6.45, 7) is 2.48. The topological polar surface area (TPSA) is 46.6 Å². The number of hydrogen-bond donors (Lipinski definition) is 0. The van der Waals surface area contributed by atoms with Crippen molar-refractivity contribution in [3.8, 4) is 5.75 Å². The Balaban J connectivity index is 1.89. The van der Waals surface area contributed by atoms with Crippen LogP contribution in [-0.4, -0.2) is 36.3 Å². The zero-order valence-electron chi connectivity index (χ0n) is 10.8. The fourth-order valence-electron chi connectivity index (χ4n) is 1.96. The summed E-state index contributed by atoms with van der Waals surface area (Å²) in [5.41, 5.74) is 0.868. The molecule has 0 aromatic heterocycles. The van der Waals surface area contributed by atoms with Gasteiger partial charge in [0.05, 0.1) is 0 Å². The molecule has 0 saturated carbocycles. The summed E-state index contributed by atoms with van der Waals surface area (Å²) < 4.78 is 18.6. The number of Topliss-reactive ketones (excluding diaryl/α,β-unsaturated/α-hetero) is 1. The predicted molar refractivity (Wildman–Crippen MR) is 67.5 cm³/mol. The van der Waals surface area contributed by atoms with Crippen LogP contribution in [0, 0.1) is 12.7 Å². The average molecular weight is 265 g/mol. The van der Waals surface area contributed by atoms with Crippen molar-refractivity contribution in [2.75, 3.05) is 19.7 Å². The number of halogens is 1. The molecule has 0 N–H and O–H groups in total. The second-order valence-corrected chi connectivity index (χ2v) is 4.64. The highest BCUT2D eigenvalue weighted by atomic mass is 19.1. The van der Waals surface area contributed by atoms with Crippen molar-refractivity contribution in [2.24, 2.45) is 0 Å². The average Bonchev–Trinajstić information content (AvgIpc) is 2.40. The fourth-order valence-corrected chi connectivity index (χ4v) is 1.96. The molecule has 1 heterocycles. The van der Waals surface area contributed by atoms with Crippen molar-refractivity contribution in [1.82, 2.24) is 4.90 Å². The Labute approximate surface area is 111 Å². The number of likely N-dealkylation sites (tertiary alicyclic amines) is 1. The summed E-state index contributed by atoms with van der Waals surface area (Å²) in [7, 11) is 0. The molecule has 1 fully saturated rings. The maximum Gasteiger partial charge on any atom is 0.260 e. The number of aryl methyl sites for hydroxylation is 1. The first-order valence-electron chi connectivity index (χ1n) is 6.24. The zero-order valence-corrected chi connectivity index (χ0v) is 10.8. The number of hydrogen-bond acceptors (Lipinski definition) is 3. The number of piperidine rings is 1. The first-order valence-corrected chi connectivity index (χ1v) is 6.24. The van der Waals surface area contributed by atoms with E-state index in [-0.39, 0.29) is 24.0 Å². The minimum Gasteiger partial charge on any atom is -0.481 e. The minimum atomic E-state index is -0.479. The van der Waals surface area contributed by atoms with Crippen molar-refractivity contribution in [1.29, 1.82) is 0 Å².